The monoisotopic (exact) mass is 491 g/mol. The van der Waals surface area contributed by atoms with E-state index in [1.54, 1.807) is 33.5 Å². The van der Waals surface area contributed by atoms with E-state index in [4.69, 9.17) is 16.9 Å². The Morgan fingerprint density at radius 1 is 1.29 bits per heavy atom. The number of benzene rings is 2. The topological polar surface area (TPSA) is 91.8 Å². The van der Waals surface area contributed by atoms with Crippen molar-refractivity contribution < 1.29 is 9.18 Å². The maximum Gasteiger partial charge on any atom is 0.274 e. The molecule has 0 saturated carbocycles. The third-order valence-electron chi connectivity index (χ3n) is 6.41. The summed E-state index contributed by atoms with van der Waals surface area (Å²) in [5.74, 6) is -0.441. The molecule has 5 rings (SSSR count). The van der Waals surface area contributed by atoms with Crippen molar-refractivity contribution in [2.24, 2.45) is 7.05 Å². The quantitative estimate of drug-likeness (QED) is 0.467. The van der Waals surface area contributed by atoms with Crippen LogP contribution in [0.4, 0.5) is 4.39 Å². The number of hydrogen-bond acceptors (Lipinski definition) is 5. The summed E-state index contributed by atoms with van der Waals surface area (Å²) in [7, 11) is 3.66. The number of halogens is 2. The minimum Gasteiger partial charge on any atom is -0.336 e. The third-order valence-corrected chi connectivity index (χ3v) is 6.86. The van der Waals surface area contributed by atoms with Gasteiger partial charge in [-0.2, -0.15) is 10.4 Å². The molecule has 1 amide bonds. The number of imidazole rings is 1. The number of aryl methyl sites for hydroxylation is 1. The number of carbonyl (C=O) groups is 1. The number of nitrogens with one attached hydrogen (secondary N) is 1. The molecule has 1 atom stereocenters. The summed E-state index contributed by atoms with van der Waals surface area (Å²) in [4.78, 5) is 19.8. The van der Waals surface area contributed by atoms with Crippen molar-refractivity contribution in [2.45, 2.75) is 18.9 Å². The lowest BCUT2D eigenvalue weighted by Crippen LogP contribution is -2.47. The average Bonchev–Trinajstić information content (AvgIpc) is 3.44. The minimum atomic E-state index is -0.647. The van der Waals surface area contributed by atoms with Crippen molar-refractivity contribution in [3.8, 4) is 23.1 Å². The summed E-state index contributed by atoms with van der Waals surface area (Å²) < 4.78 is 17.8. The molecule has 0 unspecified atom stereocenters. The zero-order chi connectivity index (χ0) is 24.7. The first-order valence-electron chi connectivity index (χ1n) is 11.3. The third kappa shape index (κ3) is 4.16. The Bertz CT molecular complexity index is 1490. The van der Waals surface area contributed by atoms with Gasteiger partial charge >= 0.3 is 0 Å². The maximum absolute atomic E-state index is 14.5. The molecule has 8 nitrogen and oxygen atoms in total. The van der Waals surface area contributed by atoms with Crippen molar-refractivity contribution in [1.82, 2.24) is 29.5 Å². The SMILES string of the molecule is CN[C@@H]1CCCN(C(=O)c2cn(-c3ccc4nn(C)c(Cl)c4c3)c(-c3ccc(C#N)c(F)c3)n2)C1. The highest BCUT2D eigenvalue weighted by Gasteiger charge is 2.27. The van der Waals surface area contributed by atoms with Gasteiger partial charge in [-0.1, -0.05) is 11.6 Å². The largest absolute Gasteiger partial charge is 0.336 e. The van der Waals surface area contributed by atoms with E-state index >= 15 is 0 Å². The number of likely N-dealkylation sites (N-methyl/N-ethyl adjacent to an activating group) is 1. The smallest absolute Gasteiger partial charge is 0.274 e. The van der Waals surface area contributed by atoms with E-state index in [0.29, 0.717) is 35.3 Å². The van der Waals surface area contributed by atoms with Crippen LogP contribution in [0.25, 0.3) is 28.0 Å². The molecule has 2 aromatic heterocycles. The summed E-state index contributed by atoms with van der Waals surface area (Å²) >= 11 is 6.43. The van der Waals surface area contributed by atoms with Gasteiger partial charge < -0.3 is 10.2 Å². The molecule has 3 heterocycles. The molecule has 0 spiro atoms. The van der Waals surface area contributed by atoms with Crippen molar-refractivity contribution in [1.29, 1.82) is 5.26 Å². The van der Waals surface area contributed by atoms with Gasteiger partial charge in [0, 0.05) is 49.0 Å². The number of amides is 1. The molecule has 4 aromatic rings. The van der Waals surface area contributed by atoms with Crippen molar-refractivity contribution in [2.75, 3.05) is 20.1 Å². The van der Waals surface area contributed by atoms with Crippen LogP contribution < -0.4 is 5.32 Å². The van der Waals surface area contributed by atoms with Crippen LogP contribution in [-0.4, -0.2) is 56.3 Å². The van der Waals surface area contributed by atoms with Gasteiger partial charge in [0.15, 0.2) is 0 Å². The van der Waals surface area contributed by atoms with Gasteiger partial charge in [0.1, 0.15) is 28.6 Å². The van der Waals surface area contributed by atoms with E-state index in [9.17, 15) is 9.18 Å². The number of carbonyl (C=O) groups excluding carboxylic acids is 1. The Balaban J connectivity index is 1.63. The fraction of sp³-hybridized carbons (Fsp3) is 0.280. The molecule has 1 aliphatic rings. The number of nitriles is 1. The second-order valence-corrected chi connectivity index (χ2v) is 8.98. The highest BCUT2D eigenvalue weighted by molar-refractivity contribution is 6.34. The summed E-state index contributed by atoms with van der Waals surface area (Å²) in [6, 6.07) is 11.9. The Kier molecular flexibility index (Phi) is 6.01. The summed E-state index contributed by atoms with van der Waals surface area (Å²) in [6.07, 6.45) is 3.58. The molecular weight excluding hydrogens is 469 g/mol. The van der Waals surface area contributed by atoms with E-state index in [2.05, 4.69) is 15.4 Å². The number of nitrogens with zero attached hydrogens (tertiary/aromatic N) is 6. The normalized spacial score (nSPS) is 16.0. The second kappa shape index (κ2) is 9.13. The first-order chi connectivity index (χ1) is 16.9. The molecule has 1 N–H and O–H groups in total. The zero-order valence-electron chi connectivity index (χ0n) is 19.3. The van der Waals surface area contributed by atoms with Crippen LogP contribution in [0, 0.1) is 17.1 Å². The molecule has 1 aliphatic heterocycles. The average molecular weight is 492 g/mol. The van der Waals surface area contributed by atoms with E-state index in [0.717, 1.165) is 23.7 Å². The molecule has 0 bridgehead atoms. The fourth-order valence-corrected chi connectivity index (χ4v) is 4.68. The Labute approximate surface area is 206 Å². The van der Waals surface area contributed by atoms with Crippen LogP contribution in [0.5, 0.6) is 0 Å². The number of rotatable bonds is 4. The zero-order valence-corrected chi connectivity index (χ0v) is 20.1. The molecule has 1 fully saturated rings. The molecular formula is C25H23ClFN7O. The molecule has 35 heavy (non-hydrogen) atoms. The second-order valence-electron chi connectivity index (χ2n) is 8.62. The number of fused-ring (bicyclic) bond motifs is 1. The van der Waals surface area contributed by atoms with Crippen molar-refractivity contribution in [3.05, 3.63) is 64.8 Å². The summed E-state index contributed by atoms with van der Waals surface area (Å²) in [5.41, 5.74) is 2.09. The minimum absolute atomic E-state index is 0.0573. The van der Waals surface area contributed by atoms with Gasteiger partial charge in [-0.25, -0.2) is 9.37 Å². The van der Waals surface area contributed by atoms with Crippen LogP contribution in [0.3, 0.4) is 0 Å². The number of aromatic nitrogens is 4. The first kappa shape index (κ1) is 23.0. The van der Waals surface area contributed by atoms with Crippen LogP contribution >= 0.6 is 11.6 Å². The van der Waals surface area contributed by atoms with E-state index in [1.165, 1.54) is 12.1 Å². The first-order valence-corrected chi connectivity index (χ1v) is 11.7. The van der Waals surface area contributed by atoms with Gasteiger partial charge in [0.25, 0.3) is 5.91 Å². The lowest BCUT2D eigenvalue weighted by atomic mass is 10.1. The van der Waals surface area contributed by atoms with Gasteiger partial charge in [0.2, 0.25) is 0 Å². The van der Waals surface area contributed by atoms with Gasteiger partial charge in [-0.05, 0) is 56.3 Å². The maximum atomic E-state index is 14.5. The lowest BCUT2D eigenvalue weighted by molar-refractivity contribution is 0.0693. The number of piperidine rings is 1. The van der Waals surface area contributed by atoms with E-state index < -0.39 is 5.82 Å². The molecule has 1 saturated heterocycles. The van der Waals surface area contributed by atoms with Gasteiger partial charge in [-0.15, -0.1) is 0 Å². The predicted molar refractivity (Wildman–Crippen MR) is 131 cm³/mol. The Morgan fingerprint density at radius 2 is 2.11 bits per heavy atom. The van der Waals surface area contributed by atoms with Gasteiger partial charge in [-0.3, -0.25) is 14.0 Å². The Morgan fingerprint density at radius 3 is 2.86 bits per heavy atom. The molecule has 0 radical (unpaired) electrons. The molecule has 178 valence electrons. The van der Waals surface area contributed by atoms with Crippen LogP contribution in [0.15, 0.2) is 42.6 Å². The van der Waals surface area contributed by atoms with E-state index in [-0.39, 0.29) is 23.2 Å². The highest BCUT2D eigenvalue weighted by Crippen LogP contribution is 2.30. The predicted octanol–water partition coefficient (Wildman–Crippen LogP) is 3.91. The number of likely N-dealkylation sites (tertiary alicyclic amines) is 1. The molecule has 2 aromatic carbocycles. The fourth-order valence-electron chi connectivity index (χ4n) is 4.49. The van der Waals surface area contributed by atoms with Crippen LogP contribution in [0.1, 0.15) is 28.9 Å². The lowest BCUT2D eigenvalue weighted by Gasteiger charge is -2.32. The van der Waals surface area contributed by atoms with Crippen LogP contribution in [-0.2, 0) is 7.05 Å². The standard InChI is InChI=1S/C25H23ClFN7O/c1-29-17-4-3-9-33(13-17)25(35)22-14-34(18-7-8-21-19(11-18)23(26)32(2)31-21)24(30-22)15-5-6-16(12-28)20(27)10-15/h5-8,10-11,14,17,29H,3-4,9,13H2,1-2H3/t17-/m1/s1. The summed E-state index contributed by atoms with van der Waals surface area (Å²) in [5, 5.41) is 18.0. The van der Waals surface area contributed by atoms with Gasteiger partial charge in [0.05, 0.1) is 11.1 Å². The van der Waals surface area contributed by atoms with Crippen LogP contribution in [0.2, 0.25) is 5.15 Å². The van der Waals surface area contributed by atoms with Crippen molar-refractivity contribution in [3.63, 3.8) is 0 Å². The Hall–Kier alpha value is -3.74. The molecule has 0 aliphatic carbocycles. The summed E-state index contributed by atoms with van der Waals surface area (Å²) in [6.45, 7) is 1.25. The highest BCUT2D eigenvalue weighted by atomic mass is 35.5. The molecule has 10 heteroatoms. The number of hydrogen-bond donors (Lipinski definition) is 1. The van der Waals surface area contributed by atoms with Crippen molar-refractivity contribution >= 4 is 28.4 Å². The van der Waals surface area contributed by atoms with E-state index in [1.807, 2.05) is 31.3 Å².